The van der Waals surface area contributed by atoms with Crippen LogP contribution in [0.15, 0.2) is 73.3 Å². The number of carbonyl (C=O) groups excluding carboxylic acids is 3. The van der Waals surface area contributed by atoms with Gasteiger partial charge in [0.2, 0.25) is 5.91 Å². The molecule has 0 heterocycles. The topological polar surface area (TPSA) is 81.7 Å². The maximum absolute atomic E-state index is 11.8. The van der Waals surface area contributed by atoms with Crippen LogP contribution in [0.5, 0.6) is 5.75 Å². The van der Waals surface area contributed by atoms with Gasteiger partial charge in [0.1, 0.15) is 12.4 Å². The Morgan fingerprint density at radius 1 is 0.964 bits per heavy atom. The third kappa shape index (κ3) is 7.70. The van der Waals surface area contributed by atoms with Crippen molar-refractivity contribution in [1.29, 1.82) is 0 Å². The van der Waals surface area contributed by atoms with Gasteiger partial charge in [-0.3, -0.25) is 14.9 Å². The number of amides is 2. The molecule has 0 atom stereocenters. The number of hydrogen-bond donors (Lipinski definition) is 1. The normalized spacial score (nSPS) is 10.3. The van der Waals surface area contributed by atoms with Gasteiger partial charge in [-0.25, -0.2) is 4.79 Å². The lowest BCUT2D eigenvalue weighted by Gasteiger charge is -2.05. The molecule has 0 saturated carbocycles. The number of carbonyl (C=O) groups is 3. The van der Waals surface area contributed by atoms with E-state index in [4.69, 9.17) is 9.47 Å². The molecule has 28 heavy (non-hydrogen) atoms. The highest BCUT2D eigenvalue weighted by atomic mass is 16.5. The highest BCUT2D eigenvalue weighted by Gasteiger charge is 2.10. The lowest BCUT2D eigenvalue weighted by molar-refractivity contribution is -0.145. The van der Waals surface area contributed by atoms with Crippen molar-refractivity contribution in [3.05, 3.63) is 84.5 Å². The van der Waals surface area contributed by atoms with Crippen molar-refractivity contribution in [2.24, 2.45) is 0 Å². The summed E-state index contributed by atoms with van der Waals surface area (Å²) in [6.07, 6.45) is 4.49. The predicted octanol–water partition coefficient (Wildman–Crippen LogP) is 2.69. The number of hydrogen-bond acceptors (Lipinski definition) is 5. The van der Waals surface area contributed by atoms with Crippen LogP contribution in [0.25, 0.3) is 6.08 Å². The van der Waals surface area contributed by atoms with Gasteiger partial charge in [-0.05, 0) is 29.3 Å². The summed E-state index contributed by atoms with van der Waals surface area (Å²) in [5.41, 5.74) is 1.55. The largest absolute Gasteiger partial charge is 0.490 e. The smallest absolute Gasteiger partial charge is 0.331 e. The summed E-state index contributed by atoms with van der Waals surface area (Å²) in [7, 11) is 0. The number of ether oxygens (including phenoxy) is 2. The van der Waals surface area contributed by atoms with Gasteiger partial charge >= 0.3 is 5.97 Å². The van der Waals surface area contributed by atoms with Gasteiger partial charge < -0.3 is 9.47 Å². The molecule has 1 N–H and O–H groups in total. The van der Waals surface area contributed by atoms with Gasteiger partial charge in [-0.15, -0.1) is 0 Å². The van der Waals surface area contributed by atoms with Crippen molar-refractivity contribution in [2.45, 2.75) is 6.42 Å². The summed E-state index contributed by atoms with van der Waals surface area (Å²) in [4.78, 5) is 35.2. The molecule has 144 valence electrons. The minimum Gasteiger partial charge on any atom is -0.490 e. The molecule has 0 aliphatic carbocycles. The first-order chi connectivity index (χ1) is 13.6. The molecule has 0 aliphatic heterocycles. The predicted molar refractivity (Wildman–Crippen MR) is 105 cm³/mol. The van der Waals surface area contributed by atoms with E-state index in [1.807, 2.05) is 6.07 Å². The molecule has 0 saturated heterocycles. The van der Waals surface area contributed by atoms with Crippen LogP contribution in [0.3, 0.4) is 0 Å². The number of nitrogens with one attached hydrogen (secondary N) is 1. The van der Waals surface area contributed by atoms with Crippen molar-refractivity contribution in [3.8, 4) is 5.75 Å². The Hall–Kier alpha value is -3.67. The fourth-order valence-corrected chi connectivity index (χ4v) is 2.20. The number of rotatable bonds is 9. The molecule has 0 aromatic heterocycles. The quantitative estimate of drug-likeness (QED) is 0.412. The van der Waals surface area contributed by atoms with E-state index in [9.17, 15) is 14.4 Å². The summed E-state index contributed by atoms with van der Waals surface area (Å²) >= 11 is 0. The second-order valence-corrected chi connectivity index (χ2v) is 5.74. The fraction of sp³-hybridized carbons (Fsp3) is 0.136. The SMILES string of the molecule is C=CCOc1ccc(C=CC(=O)OCC(=O)NC(=O)Cc2ccccc2)cc1. The summed E-state index contributed by atoms with van der Waals surface area (Å²) in [6, 6.07) is 16.1. The van der Waals surface area contributed by atoms with E-state index < -0.39 is 24.4 Å². The molecule has 0 spiro atoms. The summed E-state index contributed by atoms with van der Waals surface area (Å²) in [5, 5.41) is 2.18. The molecule has 6 heteroatoms. The molecular weight excluding hydrogens is 358 g/mol. The van der Waals surface area contributed by atoms with Crippen LogP contribution in [0.4, 0.5) is 0 Å². The van der Waals surface area contributed by atoms with Gasteiger partial charge in [0.25, 0.3) is 5.91 Å². The number of esters is 1. The van der Waals surface area contributed by atoms with E-state index in [-0.39, 0.29) is 6.42 Å². The molecule has 0 unspecified atom stereocenters. The van der Waals surface area contributed by atoms with Crippen molar-refractivity contribution in [2.75, 3.05) is 13.2 Å². The van der Waals surface area contributed by atoms with Gasteiger partial charge in [0, 0.05) is 6.08 Å². The molecule has 0 bridgehead atoms. The maximum Gasteiger partial charge on any atom is 0.331 e. The first kappa shape index (κ1) is 20.6. The Morgan fingerprint density at radius 2 is 1.68 bits per heavy atom. The van der Waals surface area contributed by atoms with Gasteiger partial charge in [0.15, 0.2) is 6.61 Å². The van der Waals surface area contributed by atoms with Gasteiger partial charge in [0.05, 0.1) is 6.42 Å². The molecule has 2 aromatic carbocycles. The lowest BCUT2D eigenvalue weighted by Crippen LogP contribution is -2.35. The van der Waals surface area contributed by atoms with E-state index in [1.165, 1.54) is 6.08 Å². The zero-order valence-electron chi connectivity index (χ0n) is 15.3. The van der Waals surface area contributed by atoms with E-state index in [1.54, 1.807) is 60.7 Å². The summed E-state index contributed by atoms with van der Waals surface area (Å²) in [5.74, 6) is -1.12. The van der Waals surface area contributed by atoms with Crippen LogP contribution in [0.1, 0.15) is 11.1 Å². The third-order valence-electron chi connectivity index (χ3n) is 3.49. The molecule has 2 rings (SSSR count). The molecular formula is C22H21NO5. The fourth-order valence-electron chi connectivity index (χ4n) is 2.20. The van der Waals surface area contributed by atoms with Crippen LogP contribution in [0.2, 0.25) is 0 Å². The Morgan fingerprint density at radius 3 is 2.36 bits per heavy atom. The number of imide groups is 1. The second-order valence-electron chi connectivity index (χ2n) is 5.74. The molecule has 0 fully saturated rings. The van der Waals surface area contributed by atoms with Crippen LogP contribution >= 0.6 is 0 Å². The van der Waals surface area contributed by atoms with E-state index >= 15 is 0 Å². The average molecular weight is 379 g/mol. The lowest BCUT2D eigenvalue weighted by atomic mass is 10.1. The highest BCUT2D eigenvalue weighted by molar-refractivity contribution is 5.97. The summed E-state index contributed by atoms with van der Waals surface area (Å²) in [6.45, 7) is 3.46. The van der Waals surface area contributed by atoms with Crippen LogP contribution in [-0.4, -0.2) is 31.0 Å². The average Bonchev–Trinajstić information content (AvgIpc) is 2.70. The standard InChI is InChI=1S/C22H21NO5/c1-2-14-27-19-11-8-17(9-12-19)10-13-22(26)28-16-21(25)23-20(24)15-18-6-4-3-5-7-18/h2-13H,1,14-16H2,(H,23,24,25). The highest BCUT2D eigenvalue weighted by Crippen LogP contribution is 2.13. The van der Waals surface area contributed by atoms with E-state index in [0.717, 1.165) is 11.1 Å². The van der Waals surface area contributed by atoms with Crippen LogP contribution in [0, 0.1) is 0 Å². The molecule has 0 aliphatic rings. The Labute approximate surface area is 163 Å². The van der Waals surface area contributed by atoms with Crippen molar-refractivity contribution in [3.63, 3.8) is 0 Å². The minimum atomic E-state index is -0.683. The van der Waals surface area contributed by atoms with Gasteiger partial charge in [-0.2, -0.15) is 0 Å². The van der Waals surface area contributed by atoms with Crippen molar-refractivity contribution in [1.82, 2.24) is 5.32 Å². The van der Waals surface area contributed by atoms with Crippen molar-refractivity contribution >= 4 is 23.9 Å². The zero-order chi connectivity index (χ0) is 20.2. The Balaban J connectivity index is 1.72. The molecule has 2 aromatic rings. The van der Waals surface area contributed by atoms with E-state index in [0.29, 0.717) is 12.4 Å². The first-order valence-corrected chi connectivity index (χ1v) is 8.62. The van der Waals surface area contributed by atoms with E-state index in [2.05, 4.69) is 11.9 Å². The third-order valence-corrected chi connectivity index (χ3v) is 3.49. The van der Waals surface area contributed by atoms with Crippen LogP contribution in [-0.2, 0) is 25.5 Å². The summed E-state index contributed by atoms with van der Waals surface area (Å²) < 4.78 is 10.2. The minimum absolute atomic E-state index is 0.0763. The molecule has 0 radical (unpaired) electrons. The molecule has 2 amide bonds. The Kier molecular flexibility index (Phi) is 8.20. The monoisotopic (exact) mass is 379 g/mol. The van der Waals surface area contributed by atoms with Crippen LogP contribution < -0.4 is 10.1 Å². The second kappa shape index (κ2) is 11.1. The number of benzene rings is 2. The molecule has 6 nitrogen and oxygen atoms in total. The van der Waals surface area contributed by atoms with Gasteiger partial charge in [-0.1, -0.05) is 55.1 Å². The maximum atomic E-state index is 11.8. The van der Waals surface area contributed by atoms with Crippen molar-refractivity contribution < 1.29 is 23.9 Å². The zero-order valence-corrected chi connectivity index (χ0v) is 15.3. The first-order valence-electron chi connectivity index (χ1n) is 8.62. The Bertz CT molecular complexity index is 841.